The zero-order valence-corrected chi connectivity index (χ0v) is 15.0. The minimum absolute atomic E-state index is 0.236. The zero-order valence-electron chi connectivity index (χ0n) is 14.2. The Balaban J connectivity index is 1.66. The van der Waals surface area contributed by atoms with Crippen LogP contribution in [0, 0.1) is 0 Å². The van der Waals surface area contributed by atoms with Gasteiger partial charge in [-0.3, -0.25) is 9.69 Å². The first-order valence-corrected chi connectivity index (χ1v) is 9.80. The number of thioether (sulfide) groups is 1. The van der Waals surface area contributed by atoms with E-state index in [1.165, 1.54) is 21.8 Å². The molecule has 2 aliphatic heterocycles. The molecule has 0 spiro atoms. The highest BCUT2D eigenvalue weighted by Gasteiger charge is 2.30. The minimum atomic E-state index is -0.236. The molecule has 1 fully saturated rings. The second-order valence-corrected chi connectivity index (χ2v) is 7.75. The Hall–Kier alpha value is -1.98. The van der Waals surface area contributed by atoms with E-state index in [0.717, 1.165) is 31.7 Å². The quantitative estimate of drug-likeness (QED) is 0.919. The molecule has 0 aliphatic carbocycles. The molecule has 0 radical (unpaired) electrons. The molecule has 4 rings (SSSR count). The van der Waals surface area contributed by atoms with Gasteiger partial charge in [-0.25, -0.2) is 0 Å². The summed E-state index contributed by atoms with van der Waals surface area (Å²) in [6.45, 7) is 2.21. The summed E-state index contributed by atoms with van der Waals surface area (Å²) in [7, 11) is 0. The lowest BCUT2D eigenvalue weighted by molar-refractivity contribution is -0.119. The normalized spacial score (nSPS) is 18.3. The molecule has 25 heavy (non-hydrogen) atoms. The molecule has 2 N–H and O–H groups in total. The number of carbonyl (C=O) groups excluding carboxylic acids is 1. The third kappa shape index (κ3) is 3.39. The summed E-state index contributed by atoms with van der Waals surface area (Å²) in [5, 5.41) is 0. The Labute approximate surface area is 153 Å². The Morgan fingerprint density at radius 1 is 1.04 bits per heavy atom. The fourth-order valence-electron chi connectivity index (χ4n) is 3.88. The number of para-hydroxylation sites is 2. The number of likely N-dealkylation sites (tertiary alicyclic amines) is 1. The highest BCUT2D eigenvalue weighted by Crippen LogP contribution is 2.44. The molecule has 2 aliphatic rings. The average Bonchev–Trinajstić information content (AvgIpc) is 2.79. The first-order valence-electron chi connectivity index (χ1n) is 8.82. The fourth-order valence-corrected chi connectivity index (χ4v) is 4.93. The van der Waals surface area contributed by atoms with Crippen molar-refractivity contribution in [3.63, 3.8) is 0 Å². The van der Waals surface area contributed by atoms with Crippen molar-refractivity contribution in [2.75, 3.05) is 24.5 Å². The molecule has 0 bridgehead atoms. The monoisotopic (exact) mass is 353 g/mol. The Bertz CT molecular complexity index is 724. The van der Waals surface area contributed by atoms with Crippen LogP contribution in [0.3, 0.4) is 0 Å². The van der Waals surface area contributed by atoms with Crippen molar-refractivity contribution >= 4 is 29.0 Å². The summed E-state index contributed by atoms with van der Waals surface area (Å²) in [4.78, 5) is 17.2. The smallest absolute Gasteiger partial charge is 0.231 e. The average molecular weight is 353 g/mol. The molecule has 2 heterocycles. The van der Waals surface area contributed by atoms with Gasteiger partial charge in [0.25, 0.3) is 0 Å². The van der Waals surface area contributed by atoms with Crippen molar-refractivity contribution in [3.05, 3.63) is 54.1 Å². The molecule has 0 saturated carbocycles. The van der Waals surface area contributed by atoms with Gasteiger partial charge in [-0.2, -0.15) is 0 Å². The number of hydrogen-bond donors (Lipinski definition) is 1. The predicted octanol–water partition coefficient (Wildman–Crippen LogP) is 3.38. The van der Waals surface area contributed by atoms with Gasteiger partial charge in [0.15, 0.2) is 0 Å². The SMILES string of the molecule is NC(=O)CN1CCC(N2c3ccccc3CSc3ccccc32)CC1. The van der Waals surface area contributed by atoms with Gasteiger partial charge in [0, 0.05) is 35.5 Å². The number of primary amides is 1. The molecule has 2 aromatic carbocycles. The number of fused-ring (bicyclic) bond motifs is 2. The Morgan fingerprint density at radius 2 is 1.72 bits per heavy atom. The summed E-state index contributed by atoms with van der Waals surface area (Å²) in [5.74, 6) is 0.768. The summed E-state index contributed by atoms with van der Waals surface area (Å²) in [6.07, 6.45) is 2.08. The standard InChI is InChI=1S/C20H23N3OS/c21-20(24)13-22-11-9-16(10-12-22)23-17-6-2-1-5-15(17)14-25-19-8-4-3-7-18(19)23/h1-8,16H,9-14H2,(H2,21,24). The van der Waals surface area contributed by atoms with E-state index in [1.54, 1.807) is 0 Å². The van der Waals surface area contributed by atoms with Crippen LogP contribution in [0.5, 0.6) is 0 Å². The van der Waals surface area contributed by atoms with E-state index >= 15 is 0 Å². The van der Waals surface area contributed by atoms with E-state index in [1.807, 2.05) is 11.8 Å². The van der Waals surface area contributed by atoms with Crippen molar-refractivity contribution in [2.45, 2.75) is 29.5 Å². The summed E-state index contributed by atoms with van der Waals surface area (Å²) < 4.78 is 0. The second kappa shape index (κ2) is 7.10. The number of nitrogens with zero attached hydrogens (tertiary/aromatic N) is 2. The molecule has 2 aromatic rings. The minimum Gasteiger partial charge on any atom is -0.369 e. The van der Waals surface area contributed by atoms with E-state index < -0.39 is 0 Å². The number of nitrogens with two attached hydrogens (primary N) is 1. The lowest BCUT2D eigenvalue weighted by Crippen LogP contribution is -2.45. The lowest BCUT2D eigenvalue weighted by atomic mass is 10.00. The number of anilines is 2. The van der Waals surface area contributed by atoms with Crippen LogP contribution < -0.4 is 10.6 Å². The van der Waals surface area contributed by atoms with Crippen LogP contribution in [0.2, 0.25) is 0 Å². The Kier molecular flexibility index (Phi) is 4.68. The molecular formula is C20H23N3OS. The van der Waals surface area contributed by atoms with Crippen LogP contribution in [-0.4, -0.2) is 36.5 Å². The van der Waals surface area contributed by atoms with Crippen molar-refractivity contribution < 1.29 is 4.79 Å². The molecule has 1 amide bonds. The van der Waals surface area contributed by atoms with Crippen molar-refractivity contribution in [3.8, 4) is 0 Å². The van der Waals surface area contributed by atoms with Crippen LogP contribution >= 0.6 is 11.8 Å². The molecule has 0 unspecified atom stereocenters. The number of amides is 1. The largest absolute Gasteiger partial charge is 0.369 e. The van der Waals surface area contributed by atoms with Crippen LogP contribution in [0.25, 0.3) is 0 Å². The van der Waals surface area contributed by atoms with E-state index in [0.29, 0.717) is 12.6 Å². The third-order valence-electron chi connectivity index (χ3n) is 5.06. The highest BCUT2D eigenvalue weighted by molar-refractivity contribution is 7.98. The van der Waals surface area contributed by atoms with Gasteiger partial charge < -0.3 is 10.6 Å². The number of piperidine rings is 1. The molecular weight excluding hydrogens is 330 g/mol. The fraction of sp³-hybridized carbons (Fsp3) is 0.350. The lowest BCUT2D eigenvalue weighted by Gasteiger charge is -2.40. The number of carbonyl (C=O) groups is 1. The second-order valence-electron chi connectivity index (χ2n) is 6.73. The molecule has 0 aromatic heterocycles. The molecule has 4 nitrogen and oxygen atoms in total. The van der Waals surface area contributed by atoms with E-state index in [9.17, 15) is 4.79 Å². The first kappa shape index (κ1) is 16.5. The van der Waals surface area contributed by atoms with Crippen LogP contribution in [0.15, 0.2) is 53.4 Å². The van der Waals surface area contributed by atoms with Crippen LogP contribution in [0.4, 0.5) is 11.4 Å². The maximum Gasteiger partial charge on any atom is 0.231 e. The maximum absolute atomic E-state index is 11.2. The molecule has 0 atom stereocenters. The van der Waals surface area contributed by atoms with Gasteiger partial charge in [-0.05, 0) is 36.6 Å². The number of hydrogen-bond acceptors (Lipinski definition) is 4. The van der Waals surface area contributed by atoms with Gasteiger partial charge in [-0.15, -0.1) is 11.8 Å². The Morgan fingerprint density at radius 3 is 2.48 bits per heavy atom. The summed E-state index contributed by atoms with van der Waals surface area (Å²) in [6, 6.07) is 17.9. The number of benzene rings is 2. The van der Waals surface area contributed by atoms with E-state index in [-0.39, 0.29) is 5.91 Å². The van der Waals surface area contributed by atoms with Gasteiger partial charge in [0.1, 0.15) is 0 Å². The predicted molar refractivity (Wildman–Crippen MR) is 103 cm³/mol. The molecule has 1 saturated heterocycles. The van der Waals surface area contributed by atoms with Crippen LogP contribution in [0.1, 0.15) is 18.4 Å². The van der Waals surface area contributed by atoms with Gasteiger partial charge in [-0.1, -0.05) is 30.3 Å². The maximum atomic E-state index is 11.2. The summed E-state index contributed by atoms with van der Waals surface area (Å²) >= 11 is 1.92. The van der Waals surface area contributed by atoms with E-state index in [2.05, 4.69) is 58.3 Å². The van der Waals surface area contributed by atoms with Gasteiger partial charge >= 0.3 is 0 Å². The first-order chi connectivity index (χ1) is 12.2. The van der Waals surface area contributed by atoms with Crippen molar-refractivity contribution in [1.82, 2.24) is 4.90 Å². The number of rotatable bonds is 3. The van der Waals surface area contributed by atoms with Gasteiger partial charge in [0.05, 0.1) is 12.2 Å². The van der Waals surface area contributed by atoms with E-state index in [4.69, 9.17) is 5.73 Å². The summed E-state index contributed by atoms with van der Waals surface area (Å²) in [5.41, 5.74) is 9.38. The third-order valence-corrected chi connectivity index (χ3v) is 6.17. The van der Waals surface area contributed by atoms with Crippen LogP contribution in [-0.2, 0) is 10.5 Å². The highest BCUT2D eigenvalue weighted by atomic mass is 32.2. The van der Waals surface area contributed by atoms with Crippen molar-refractivity contribution in [2.24, 2.45) is 5.73 Å². The topological polar surface area (TPSA) is 49.6 Å². The van der Waals surface area contributed by atoms with Gasteiger partial charge in [0.2, 0.25) is 5.91 Å². The molecule has 5 heteroatoms. The molecule has 130 valence electrons. The van der Waals surface area contributed by atoms with Crippen molar-refractivity contribution in [1.29, 1.82) is 0 Å². The zero-order chi connectivity index (χ0) is 17.2.